The third kappa shape index (κ3) is 2.41. The number of anilines is 1. The summed E-state index contributed by atoms with van der Waals surface area (Å²) >= 11 is 0. The first-order valence-electron chi connectivity index (χ1n) is 4.79. The summed E-state index contributed by atoms with van der Waals surface area (Å²) in [6.07, 6.45) is 2.53. The van der Waals surface area contributed by atoms with Gasteiger partial charge in [0.05, 0.1) is 6.26 Å². The molecule has 2 aromatic heterocycles. The molecule has 3 N–H and O–H groups in total. The van der Waals surface area contributed by atoms with Crippen molar-refractivity contribution in [2.45, 2.75) is 4.90 Å². The van der Waals surface area contributed by atoms with Crippen molar-refractivity contribution in [1.82, 2.24) is 9.78 Å². The van der Waals surface area contributed by atoms with Crippen LogP contribution in [0.15, 0.2) is 33.9 Å². The van der Waals surface area contributed by atoms with Crippen molar-refractivity contribution in [3.05, 3.63) is 30.4 Å². The van der Waals surface area contributed by atoms with E-state index in [1.165, 1.54) is 36.3 Å². The smallest absolute Gasteiger partial charge is 0.292 e. The van der Waals surface area contributed by atoms with Crippen LogP contribution in [0.3, 0.4) is 0 Å². The monoisotopic (exact) mass is 270 g/mol. The van der Waals surface area contributed by atoms with E-state index in [1.807, 2.05) is 0 Å². The number of sulfonamides is 1. The van der Waals surface area contributed by atoms with Crippen LogP contribution >= 0.6 is 0 Å². The molecule has 9 heteroatoms. The first kappa shape index (κ1) is 12.3. The maximum absolute atomic E-state index is 11.7. The third-order valence-electron chi connectivity index (χ3n) is 2.08. The van der Waals surface area contributed by atoms with Crippen LogP contribution in [0.25, 0.3) is 0 Å². The van der Waals surface area contributed by atoms with E-state index in [1.54, 1.807) is 0 Å². The molecule has 0 unspecified atom stereocenters. The molecule has 0 fully saturated rings. The summed E-state index contributed by atoms with van der Waals surface area (Å²) < 4.78 is 28.7. The third-order valence-corrected chi connectivity index (χ3v) is 2.99. The summed E-state index contributed by atoms with van der Waals surface area (Å²) in [6.45, 7) is 0. The summed E-state index contributed by atoms with van der Waals surface area (Å²) in [5, 5.41) is 11.1. The van der Waals surface area contributed by atoms with Gasteiger partial charge in [0.2, 0.25) is 10.0 Å². The van der Waals surface area contributed by atoms with Crippen molar-refractivity contribution in [2.24, 2.45) is 12.2 Å². The second kappa shape index (κ2) is 4.27. The molecule has 0 bridgehead atoms. The van der Waals surface area contributed by atoms with Gasteiger partial charge < -0.3 is 9.73 Å². The molecular formula is C9H10N4O4S. The highest BCUT2D eigenvalue weighted by molar-refractivity contribution is 7.89. The van der Waals surface area contributed by atoms with Crippen molar-refractivity contribution in [1.29, 1.82) is 0 Å². The van der Waals surface area contributed by atoms with E-state index >= 15 is 0 Å². The van der Waals surface area contributed by atoms with Crippen molar-refractivity contribution in [3.8, 4) is 0 Å². The minimum Gasteiger partial charge on any atom is -0.459 e. The van der Waals surface area contributed by atoms with Gasteiger partial charge in [-0.05, 0) is 12.1 Å². The Bertz CT molecular complexity index is 671. The molecule has 0 atom stereocenters. The zero-order valence-corrected chi connectivity index (χ0v) is 10.1. The van der Waals surface area contributed by atoms with Gasteiger partial charge in [-0.3, -0.25) is 9.48 Å². The second-order valence-electron chi connectivity index (χ2n) is 3.49. The fourth-order valence-electron chi connectivity index (χ4n) is 1.34. The van der Waals surface area contributed by atoms with E-state index in [-0.39, 0.29) is 16.5 Å². The summed E-state index contributed by atoms with van der Waals surface area (Å²) in [5.74, 6) is -0.703. The molecule has 0 aliphatic rings. The number of carbonyl (C=O) groups is 1. The lowest BCUT2D eigenvalue weighted by Crippen LogP contribution is -2.17. The molecule has 18 heavy (non-hydrogen) atoms. The van der Waals surface area contributed by atoms with Crippen molar-refractivity contribution >= 4 is 21.7 Å². The predicted molar refractivity (Wildman–Crippen MR) is 61.2 cm³/mol. The number of hydrogen-bond donors (Lipinski definition) is 2. The number of primary sulfonamides is 1. The van der Waals surface area contributed by atoms with Gasteiger partial charge in [0, 0.05) is 13.2 Å². The van der Waals surface area contributed by atoms with Gasteiger partial charge in [0.1, 0.15) is 4.90 Å². The van der Waals surface area contributed by atoms with Crippen LogP contribution in [-0.2, 0) is 17.1 Å². The molecule has 2 heterocycles. The summed E-state index contributed by atoms with van der Waals surface area (Å²) in [4.78, 5) is 11.4. The Morgan fingerprint density at radius 3 is 2.83 bits per heavy atom. The van der Waals surface area contributed by atoms with Gasteiger partial charge in [-0.2, -0.15) is 5.10 Å². The number of nitrogens with zero attached hydrogens (tertiary/aromatic N) is 2. The molecular weight excluding hydrogens is 260 g/mol. The quantitative estimate of drug-likeness (QED) is 0.807. The number of furan rings is 1. The number of nitrogens with two attached hydrogens (primary N) is 1. The molecule has 96 valence electrons. The summed E-state index contributed by atoms with van der Waals surface area (Å²) in [5.41, 5.74) is 0. The first-order chi connectivity index (χ1) is 8.38. The normalized spacial score (nSPS) is 11.4. The molecule has 0 saturated carbocycles. The van der Waals surface area contributed by atoms with Crippen molar-refractivity contribution in [2.75, 3.05) is 5.32 Å². The minimum absolute atomic E-state index is 0.0426. The summed E-state index contributed by atoms with van der Waals surface area (Å²) in [6, 6.07) is 2.98. The molecule has 1 amide bonds. The Morgan fingerprint density at radius 2 is 2.28 bits per heavy atom. The van der Waals surface area contributed by atoms with Crippen molar-refractivity contribution < 1.29 is 17.6 Å². The van der Waals surface area contributed by atoms with Gasteiger partial charge in [-0.1, -0.05) is 0 Å². The van der Waals surface area contributed by atoms with E-state index < -0.39 is 15.9 Å². The van der Waals surface area contributed by atoms with Crippen molar-refractivity contribution in [3.63, 3.8) is 0 Å². The molecule has 0 saturated heterocycles. The molecule has 0 radical (unpaired) electrons. The lowest BCUT2D eigenvalue weighted by Gasteiger charge is -2.01. The lowest BCUT2D eigenvalue weighted by atomic mass is 10.4. The van der Waals surface area contributed by atoms with E-state index in [2.05, 4.69) is 10.4 Å². The highest BCUT2D eigenvalue weighted by Crippen LogP contribution is 2.18. The average Bonchev–Trinajstić information content (AvgIpc) is 2.85. The molecule has 8 nitrogen and oxygen atoms in total. The minimum atomic E-state index is -3.96. The highest BCUT2D eigenvalue weighted by atomic mass is 32.2. The topological polar surface area (TPSA) is 120 Å². The van der Waals surface area contributed by atoms with Crippen LogP contribution in [0.1, 0.15) is 10.6 Å². The van der Waals surface area contributed by atoms with Gasteiger partial charge in [0.25, 0.3) is 5.91 Å². The number of carbonyl (C=O) groups excluding carboxylic acids is 1. The number of amides is 1. The summed E-state index contributed by atoms with van der Waals surface area (Å²) in [7, 11) is -2.44. The zero-order valence-electron chi connectivity index (χ0n) is 9.32. The average molecular weight is 270 g/mol. The number of nitrogens with one attached hydrogen (secondary N) is 1. The van der Waals surface area contributed by atoms with E-state index in [9.17, 15) is 13.2 Å². The molecule has 0 aromatic carbocycles. The van der Waals surface area contributed by atoms with E-state index in [0.29, 0.717) is 0 Å². The van der Waals surface area contributed by atoms with Gasteiger partial charge in [-0.15, -0.1) is 0 Å². The maximum atomic E-state index is 11.7. The van der Waals surface area contributed by atoms with Crippen LogP contribution in [-0.4, -0.2) is 24.1 Å². The maximum Gasteiger partial charge on any atom is 0.292 e. The molecule has 0 spiro atoms. The Morgan fingerprint density at radius 1 is 1.56 bits per heavy atom. The largest absolute Gasteiger partial charge is 0.459 e. The SMILES string of the molecule is Cn1cc(S(N)(=O)=O)c(NC(=O)c2ccco2)n1. The predicted octanol–water partition coefficient (Wildman–Crippen LogP) is -0.0872. The second-order valence-corrected chi connectivity index (χ2v) is 5.02. The van der Waals surface area contributed by atoms with Gasteiger partial charge in [0.15, 0.2) is 11.6 Å². The Balaban J connectivity index is 2.33. The van der Waals surface area contributed by atoms with Gasteiger partial charge >= 0.3 is 0 Å². The fourth-order valence-corrected chi connectivity index (χ4v) is 2.00. The number of rotatable bonds is 3. The zero-order chi connectivity index (χ0) is 13.3. The molecule has 2 aromatic rings. The molecule has 0 aliphatic heterocycles. The van der Waals surface area contributed by atoms with E-state index in [0.717, 1.165) is 0 Å². The molecule has 2 rings (SSSR count). The Hall–Kier alpha value is -2.13. The lowest BCUT2D eigenvalue weighted by molar-refractivity contribution is 0.0996. The number of hydrogen-bond acceptors (Lipinski definition) is 5. The van der Waals surface area contributed by atoms with Gasteiger partial charge in [-0.25, -0.2) is 13.6 Å². The Labute approximate surface area is 102 Å². The molecule has 0 aliphatic carbocycles. The standard InChI is InChI=1S/C9H10N4O4S/c1-13-5-7(18(10,15)16)8(12-13)11-9(14)6-3-2-4-17-6/h2-5H,1H3,(H2,10,15,16)(H,11,12,14). The van der Waals surface area contributed by atoms with Crippen LogP contribution in [0.4, 0.5) is 5.82 Å². The van der Waals surface area contributed by atoms with Crippen LogP contribution in [0.2, 0.25) is 0 Å². The van der Waals surface area contributed by atoms with E-state index in [4.69, 9.17) is 9.56 Å². The Kier molecular flexibility index (Phi) is 2.93. The van der Waals surface area contributed by atoms with Crippen LogP contribution < -0.4 is 10.5 Å². The fraction of sp³-hybridized carbons (Fsp3) is 0.111. The van der Waals surface area contributed by atoms with Crippen LogP contribution in [0, 0.1) is 0 Å². The van der Waals surface area contributed by atoms with Crippen LogP contribution in [0.5, 0.6) is 0 Å². The number of aromatic nitrogens is 2. The first-order valence-corrected chi connectivity index (χ1v) is 6.34. The highest BCUT2D eigenvalue weighted by Gasteiger charge is 2.21. The number of aryl methyl sites for hydroxylation is 1.